The molecule has 0 saturated heterocycles. The lowest BCUT2D eigenvalue weighted by atomic mass is 10.3. The van der Waals surface area contributed by atoms with Gasteiger partial charge in [-0.1, -0.05) is 6.07 Å². The van der Waals surface area contributed by atoms with Gasteiger partial charge in [0.1, 0.15) is 10.6 Å². The molecule has 0 aliphatic rings. The highest BCUT2D eigenvalue weighted by Crippen LogP contribution is 2.16. The Morgan fingerprint density at radius 1 is 1.26 bits per heavy atom. The lowest BCUT2D eigenvalue weighted by Gasteiger charge is -2.08. The summed E-state index contributed by atoms with van der Waals surface area (Å²) in [6, 6.07) is 9.88. The smallest absolute Gasteiger partial charge is 0.242 e. The number of aromatic nitrogens is 1. The Balaban J connectivity index is 1.85. The van der Waals surface area contributed by atoms with Crippen LogP contribution >= 0.6 is 0 Å². The van der Waals surface area contributed by atoms with E-state index in [0.717, 1.165) is 0 Å². The van der Waals surface area contributed by atoms with Gasteiger partial charge in [0.05, 0.1) is 7.11 Å². The maximum atomic E-state index is 12.0. The van der Waals surface area contributed by atoms with Crippen LogP contribution in [-0.4, -0.2) is 33.0 Å². The molecule has 1 aromatic carbocycles. The Labute approximate surface area is 134 Å². The normalized spacial score (nSPS) is 11.0. The summed E-state index contributed by atoms with van der Waals surface area (Å²) in [4.78, 5) is 15.7. The summed E-state index contributed by atoms with van der Waals surface area (Å²) >= 11 is 0. The van der Waals surface area contributed by atoms with E-state index in [-0.39, 0.29) is 23.8 Å². The van der Waals surface area contributed by atoms with E-state index in [2.05, 4.69) is 15.0 Å². The van der Waals surface area contributed by atoms with Crippen LogP contribution in [0.1, 0.15) is 6.42 Å². The number of rotatable bonds is 7. The fraction of sp³-hybridized carbons (Fsp3) is 0.200. The first-order chi connectivity index (χ1) is 11.0. The minimum atomic E-state index is -3.65. The average molecular weight is 335 g/mol. The quantitative estimate of drug-likeness (QED) is 0.797. The van der Waals surface area contributed by atoms with E-state index in [1.165, 1.54) is 31.6 Å². The van der Waals surface area contributed by atoms with Crippen LogP contribution in [0.3, 0.4) is 0 Å². The zero-order valence-electron chi connectivity index (χ0n) is 12.5. The van der Waals surface area contributed by atoms with Crippen LogP contribution < -0.4 is 14.8 Å². The first kappa shape index (κ1) is 16.9. The van der Waals surface area contributed by atoms with Crippen LogP contribution in [0.25, 0.3) is 0 Å². The molecule has 0 atom stereocenters. The number of anilines is 1. The lowest BCUT2D eigenvalue weighted by molar-refractivity contribution is -0.116. The van der Waals surface area contributed by atoms with Gasteiger partial charge in [-0.05, 0) is 24.3 Å². The van der Waals surface area contributed by atoms with Gasteiger partial charge in [-0.3, -0.25) is 9.78 Å². The number of methoxy groups -OCH3 is 1. The number of benzene rings is 1. The molecule has 7 nitrogen and oxygen atoms in total. The summed E-state index contributed by atoms with van der Waals surface area (Å²) in [7, 11) is -2.12. The van der Waals surface area contributed by atoms with Gasteiger partial charge >= 0.3 is 0 Å². The topological polar surface area (TPSA) is 97.4 Å². The third kappa shape index (κ3) is 5.04. The molecule has 23 heavy (non-hydrogen) atoms. The van der Waals surface area contributed by atoms with E-state index in [0.29, 0.717) is 11.4 Å². The zero-order valence-corrected chi connectivity index (χ0v) is 13.3. The van der Waals surface area contributed by atoms with Crippen molar-refractivity contribution in [3.63, 3.8) is 0 Å². The Bertz CT molecular complexity index is 763. The molecule has 0 radical (unpaired) electrons. The molecule has 0 saturated carbocycles. The van der Waals surface area contributed by atoms with E-state index in [4.69, 9.17) is 4.74 Å². The van der Waals surface area contributed by atoms with E-state index in [1.807, 2.05) is 0 Å². The molecule has 0 aliphatic carbocycles. The van der Waals surface area contributed by atoms with Gasteiger partial charge in [0.15, 0.2) is 0 Å². The minimum absolute atomic E-state index is 0.00692. The highest BCUT2D eigenvalue weighted by atomic mass is 32.2. The number of pyridine rings is 1. The summed E-state index contributed by atoms with van der Waals surface area (Å²) in [5.41, 5.74) is 0.587. The summed E-state index contributed by atoms with van der Waals surface area (Å²) in [5, 5.41) is 2.68. The van der Waals surface area contributed by atoms with Crippen LogP contribution in [0.4, 0.5) is 5.69 Å². The van der Waals surface area contributed by atoms with Crippen LogP contribution in [0.2, 0.25) is 0 Å². The third-order valence-corrected chi connectivity index (χ3v) is 4.39. The van der Waals surface area contributed by atoms with E-state index < -0.39 is 10.0 Å². The second kappa shape index (κ2) is 7.70. The molecule has 2 N–H and O–H groups in total. The molecule has 8 heteroatoms. The molecule has 0 aliphatic heterocycles. The fourth-order valence-corrected chi connectivity index (χ4v) is 2.81. The molecule has 1 aromatic heterocycles. The van der Waals surface area contributed by atoms with E-state index in [1.54, 1.807) is 24.3 Å². The molecule has 0 unspecified atom stereocenters. The first-order valence-electron chi connectivity index (χ1n) is 6.85. The highest BCUT2D eigenvalue weighted by molar-refractivity contribution is 7.89. The zero-order chi connectivity index (χ0) is 16.7. The molecular formula is C15H17N3O4S. The van der Waals surface area contributed by atoms with Gasteiger partial charge in [0.2, 0.25) is 15.9 Å². The molecular weight excluding hydrogens is 318 g/mol. The number of amides is 1. The lowest BCUT2D eigenvalue weighted by Crippen LogP contribution is -2.27. The van der Waals surface area contributed by atoms with Crippen LogP contribution in [0.15, 0.2) is 53.7 Å². The summed E-state index contributed by atoms with van der Waals surface area (Å²) in [6.07, 6.45) is 2.75. The molecule has 1 heterocycles. The molecule has 2 rings (SSSR count). The van der Waals surface area contributed by atoms with Gasteiger partial charge in [-0.15, -0.1) is 0 Å². The number of carbonyl (C=O) groups is 1. The molecule has 2 aromatic rings. The van der Waals surface area contributed by atoms with Gasteiger partial charge in [-0.2, -0.15) is 0 Å². The SMILES string of the molecule is COc1cccc(NC(=O)CCNS(=O)(=O)c2cccnc2)c1. The number of nitrogens with one attached hydrogen (secondary N) is 2. The summed E-state index contributed by atoms with van der Waals surface area (Å²) in [5.74, 6) is 0.326. The Kier molecular flexibility index (Phi) is 5.67. The molecule has 122 valence electrons. The number of sulfonamides is 1. The molecule has 1 amide bonds. The van der Waals surface area contributed by atoms with Gasteiger partial charge < -0.3 is 10.1 Å². The Morgan fingerprint density at radius 3 is 2.78 bits per heavy atom. The van der Waals surface area contributed by atoms with Gasteiger partial charge in [0.25, 0.3) is 0 Å². The first-order valence-corrected chi connectivity index (χ1v) is 8.33. The predicted molar refractivity (Wildman–Crippen MR) is 85.7 cm³/mol. The van der Waals surface area contributed by atoms with Crippen molar-refractivity contribution in [3.05, 3.63) is 48.8 Å². The number of nitrogens with zero attached hydrogens (tertiary/aromatic N) is 1. The summed E-state index contributed by atoms with van der Waals surface area (Å²) in [6.45, 7) is -0.00692. The van der Waals surface area contributed by atoms with Crippen molar-refractivity contribution in [2.75, 3.05) is 19.0 Å². The Hall–Kier alpha value is -2.45. The van der Waals surface area contributed by atoms with E-state index >= 15 is 0 Å². The van der Waals surface area contributed by atoms with Crippen LogP contribution in [0.5, 0.6) is 5.75 Å². The maximum Gasteiger partial charge on any atom is 0.242 e. The number of ether oxygens (including phenoxy) is 1. The highest BCUT2D eigenvalue weighted by Gasteiger charge is 2.14. The molecule has 0 fully saturated rings. The van der Waals surface area contributed by atoms with Gasteiger partial charge in [-0.25, -0.2) is 13.1 Å². The number of carbonyl (C=O) groups excluding carboxylic acids is 1. The van der Waals surface area contributed by atoms with Crippen molar-refractivity contribution in [1.82, 2.24) is 9.71 Å². The van der Waals surface area contributed by atoms with Crippen molar-refractivity contribution in [2.24, 2.45) is 0 Å². The van der Waals surface area contributed by atoms with Crippen LogP contribution in [0, 0.1) is 0 Å². The monoisotopic (exact) mass is 335 g/mol. The average Bonchev–Trinajstić information content (AvgIpc) is 2.55. The minimum Gasteiger partial charge on any atom is -0.497 e. The van der Waals surface area contributed by atoms with Crippen molar-refractivity contribution in [2.45, 2.75) is 11.3 Å². The van der Waals surface area contributed by atoms with Crippen LogP contribution in [-0.2, 0) is 14.8 Å². The standard InChI is InChI=1S/C15H17N3O4S/c1-22-13-5-2-4-12(10-13)18-15(19)7-9-17-23(20,21)14-6-3-8-16-11-14/h2-6,8,10-11,17H,7,9H2,1H3,(H,18,19). The number of hydrogen-bond donors (Lipinski definition) is 2. The summed E-state index contributed by atoms with van der Waals surface area (Å²) < 4.78 is 31.3. The maximum absolute atomic E-state index is 12.0. The second-order valence-electron chi connectivity index (χ2n) is 4.62. The van der Waals surface area contributed by atoms with Crippen molar-refractivity contribution < 1.29 is 17.9 Å². The fourth-order valence-electron chi connectivity index (χ4n) is 1.81. The molecule has 0 bridgehead atoms. The van der Waals surface area contributed by atoms with Gasteiger partial charge in [0, 0.05) is 37.1 Å². The largest absolute Gasteiger partial charge is 0.497 e. The second-order valence-corrected chi connectivity index (χ2v) is 6.38. The van der Waals surface area contributed by atoms with Crippen molar-refractivity contribution in [3.8, 4) is 5.75 Å². The predicted octanol–water partition coefficient (Wildman–Crippen LogP) is 1.40. The van der Waals surface area contributed by atoms with E-state index in [9.17, 15) is 13.2 Å². The van der Waals surface area contributed by atoms with Crippen molar-refractivity contribution in [1.29, 1.82) is 0 Å². The molecule has 0 spiro atoms. The van der Waals surface area contributed by atoms with Crippen molar-refractivity contribution >= 4 is 21.6 Å². The third-order valence-electron chi connectivity index (χ3n) is 2.94. The Morgan fingerprint density at radius 2 is 2.09 bits per heavy atom. The number of hydrogen-bond acceptors (Lipinski definition) is 5.